The van der Waals surface area contributed by atoms with Crippen molar-refractivity contribution >= 4 is 52.3 Å². The Hall–Kier alpha value is -1.27. The van der Waals surface area contributed by atoms with Gasteiger partial charge in [-0.25, -0.2) is 0 Å². The van der Waals surface area contributed by atoms with Gasteiger partial charge in [0.05, 0.1) is 5.69 Å². The van der Waals surface area contributed by atoms with E-state index in [-0.39, 0.29) is 36.8 Å². The van der Waals surface area contributed by atoms with Gasteiger partial charge in [-0.05, 0) is 47.0 Å². The van der Waals surface area contributed by atoms with E-state index in [2.05, 4.69) is 32.2 Å². The molecule has 4 nitrogen and oxygen atoms in total. The summed E-state index contributed by atoms with van der Waals surface area (Å²) in [6.45, 7) is 3.74. The SMILES string of the molecule is Cc1ccc(C(N)C(=O)NC2CCN(c3ccccc3Br)C2)cc1.Cl.Cl. The number of anilines is 1. The normalized spacial score (nSPS) is 17.0. The standard InChI is InChI=1S/C19H22BrN3O.2ClH/c1-13-6-8-14(9-7-13)18(21)19(24)22-15-10-11-23(12-15)17-5-3-2-4-16(17)20;;/h2-9,15,18H,10-12,21H2,1H3,(H,22,24);2*1H. The van der Waals surface area contributed by atoms with Crippen molar-refractivity contribution in [2.75, 3.05) is 18.0 Å². The molecule has 0 spiro atoms. The number of carbonyl (C=O) groups is 1. The second-order valence-electron chi connectivity index (χ2n) is 6.28. The molecule has 0 aromatic heterocycles. The monoisotopic (exact) mass is 459 g/mol. The van der Waals surface area contributed by atoms with Gasteiger partial charge in [0.1, 0.15) is 6.04 Å². The summed E-state index contributed by atoms with van der Waals surface area (Å²) in [5.41, 5.74) is 9.27. The Morgan fingerprint density at radius 2 is 1.85 bits per heavy atom. The van der Waals surface area contributed by atoms with Crippen LogP contribution in [0.2, 0.25) is 0 Å². The molecule has 1 amide bonds. The van der Waals surface area contributed by atoms with Crippen molar-refractivity contribution in [3.05, 3.63) is 64.1 Å². The first-order valence-corrected chi connectivity index (χ1v) is 8.96. The lowest BCUT2D eigenvalue weighted by atomic mass is 10.0. The summed E-state index contributed by atoms with van der Waals surface area (Å²) in [4.78, 5) is 14.7. The quantitative estimate of drug-likeness (QED) is 0.724. The molecule has 0 saturated carbocycles. The van der Waals surface area contributed by atoms with Crippen molar-refractivity contribution in [1.29, 1.82) is 0 Å². The fraction of sp³-hybridized carbons (Fsp3) is 0.316. The number of hydrogen-bond donors (Lipinski definition) is 2. The molecule has 0 radical (unpaired) electrons. The number of hydrogen-bond acceptors (Lipinski definition) is 3. The highest BCUT2D eigenvalue weighted by Crippen LogP contribution is 2.28. The van der Waals surface area contributed by atoms with Crippen LogP contribution < -0.4 is 16.0 Å². The Morgan fingerprint density at radius 3 is 2.50 bits per heavy atom. The van der Waals surface area contributed by atoms with Gasteiger partial charge in [-0.15, -0.1) is 24.8 Å². The third-order valence-corrected chi connectivity index (χ3v) is 5.12. The van der Waals surface area contributed by atoms with Gasteiger partial charge in [0, 0.05) is 23.6 Å². The van der Waals surface area contributed by atoms with Gasteiger partial charge in [-0.3, -0.25) is 4.79 Å². The Kier molecular flexibility index (Phi) is 8.90. The van der Waals surface area contributed by atoms with Crippen molar-refractivity contribution < 1.29 is 4.79 Å². The molecular formula is C19H24BrCl2N3O. The second kappa shape index (κ2) is 10.2. The van der Waals surface area contributed by atoms with Crippen molar-refractivity contribution in [1.82, 2.24) is 5.32 Å². The number of nitrogens with zero attached hydrogens (tertiary/aromatic N) is 1. The highest BCUT2D eigenvalue weighted by molar-refractivity contribution is 9.10. The average Bonchev–Trinajstić information content (AvgIpc) is 3.03. The van der Waals surface area contributed by atoms with Gasteiger partial charge in [0.2, 0.25) is 5.91 Å². The number of aryl methyl sites for hydroxylation is 1. The van der Waals surface area contributed by atoms with E-state index in [1.54, 1.807) is 0 Å². The van der Waals surface area contributed by atoms with Gasteiger partial charge in [-0.2, -0.15) is 0 Å². The van der Waals surface area contributed by atoms with Gasteiger partial charge in [-0.1, -0.05) is 42.0 Å². The van der Waals surface area contributed by atoms with E-state index in [0.717, 1.165) is 40.8 Å². The van der Waals surface area contributed by atoms with E-state index >= 15 is 0 Å². The zero-order chi connectivity index (χ0) is 17.1. The van der Waals surface area contributed by atoms with E-state index in [9.17, 15) is 4.79 Å². The molecule has 0 aliphatic carbocycles. The number of amides is 1. The summed E-state index contributed by atoms with van der Waals surface area (Å²) >= 11 is 3.59. The number of nitrogens with one attached hydrogen (secondary N) is 1. The van der Waals surface area contributed by atoms with Crippen LogP contribution in [0.3, 0.4) is 0 Å². The van der Waals surface area contributed by atoms with Crippen molar-refractivity contribution in [3.8, 4) is 0 Å². The molecular weight excluding hydrogens is 437 g/mol. The maximum Gasteiger partial charge on any atom is 0.241 e. The van der Waals surface area contributed by atoms with Crippen LogP contribution in [0.1, 0.15) is 23.6 Å². The Labute approximate surface area is 175 Å². The predicted molar refractivity (Wildman–Crippen MR) is 116 cm³/mol. The molecule has 26 heavy (non-hydrogen) atoms. The maximum atomic E-state index is 12.4. The first-order chi connectivity index (χ1) is 11.5. The molecule has 2 unspecified atom stereocenters. The largest absolute Gasteiger partial charge is 0.368 e. The first-order valence-electron chi connectivity index (χ1n) is 8.16. The fourth-order valence-corrected chi connectivity index (χ4v) is 3.56. The number of para-hydroxylation sites is 1. The lowest BCUT2D eigenvalue weighted by Crippen LogP contribution is -2.42. The highest BCUT2D eigenvalue weighted by Gasteiger charge is 2.27. The van der Waals surface area contributed by atoms with Crippen LogP contribution in [0.4, 0.5) is 5.69 Å². The van der Waals surface area contributed by atoms with Crippen LogP contribution >= 0.6 is 40.7 Å². The van der Waals surface area contributed by atoms with E-state index in [4.69, 9.17) is 5.73 Å². The summed E-state index contributed by atoms with van der Waals surface area (Å²) in [5, 5.41) is 3.09. The minimum atomic E-state index is -0.622. The molecule has 1 aliphatic rings. The van der Waals surface area contributed by atoms with Crippen LogP contribution in [0, 0.1) is 6.92 Å². The molecule has 7 heteroatoms. The molecule has 3 rings (SSSR count). The minimum absolute atomic E-state index is 0. The number of rotatable bonds is 4. The number of carbonyl (C=O) groups excluding carboxylic acids is 1. The van der Waals surface area contributed by atoms with Crippen molar-refractivity contribution in [2.45, 2.75) is 25.4 Å². The molecule has 3 N–H and O–H groups in total. The van der Waals surface area contributed by atoms with Crippen molar-refractivity contribution in [2.24, 2.45) is 5.73 Å². The topological polar surface area (TPSA) is 58.4 Å². The second-order valence-corrected chi connectivity index (χ2v) is 7.13. The van der Waals surface area contributed by atoms with E-state index < -0.39 is 6.04 Å². The smallest absolute Gasteiger partial charge is 0.241 e. The minimum Gasteiger partial charge on any atom is -0.368 e. The van der Waals surface area contributed by atoms with Crippen LogP contribution in [0.25, 0.3) is 0 Å². The summed E-state index contributed by atoms with van der Waals surface area (Å²) in [6.07, 6.45) is 0.924. The van der Waals surface area contributed by atoms with Crippen LogP contribution in [-0.2, 0) is 4.79 Å². The molecule has 2 atom stereocenters. The highest BCUT2D eigenvalue weighted by atomic mass is 79.9. The molecule has 2 aromatic carbocycles. The number of benzene rings is 2. The Balaban J connectivity index is 0.00000169. The zero-order valence-corrected chi connectivity index (χ0v) is 17.7. The molecule has 1 heterocycles. The van der Waals surface area contributed by atoms with Crippen LogP contribution in [-0.4, -0.2) is 25.0 Å². The first kappa shape index (κ1) is 22.8. The van der Waals surface area contributed by atoms with Gasteiger partial charge < -0.3 is 16.0 Å². The van der Waals surface area contributed by atoms with Gasteiger partial charge in [0.15, 0.2) is 0 Å². The van der Waals surface area contributed by atoms with Gasteiger partial charge in [0.25, 0.3) is 0 Å². The van der Waals surface area contributed by atoms with E-state index in [0.29, 0.717) is 0 Å². The Morgan fingerprint density at radius 1 is 1.19 bits per heavy atom. The molecule has 0 bridgehead atoms. The number of halogens is 3. The van der Waals surface area contributed by atoms with E-state index in [1.165, 1.54) is 0 Å². The van der Waals surface area contributed by atoms with Crippen LogP contribution in [0.15, 0.2) is 53.0 Å². The van der Waals surface area contributed by atoms with Crippen LogP contribution in [0.5, 0.6) is 0 Å². The lowest BCUT2D eigenvalue weighted by molar-refractivity contribution is -0.123. The fourth-order valence-electron chi connectivity index (χ4n) is 3.02. The molecule has 1 aliphatic heterocycles. The summed E-state index contributed by atoms with van der Waals surface area (Å²) < 4.78 is 1.08. The number of nitrogens with two attached hydrogens (primary N) is 1. The maximum absolute atomic E-state index is 12.4. The third kappa shape index (κ3) is 5.36. The lowest BCUT2D eigenvalue weighted by Gasteiger charge is -2.21. The third-order valence-electron chi connectivity index (χ3n) is 4.45. The molecule has 1 saturated heterocycles. The van der Waals surface area contributed by atoms with Crippen molar-refractivity contribution in [3.63, 3.8) is 0 Å². The molecule has 2 aromatic rings. The molecule has 1 fully saturated rings. The zero-order valence-electron chi connectivity index (χ0n) is 14.5. The van der Waals surface area contributed by atoms with Gasteiger partial charge >= 0.3 is 0 Å². The Bertz CT molecular complexity index is 727. The summed E-state index contributed by atoms with van der Waals surface area (Å²) in [5.74, 6) is -0.113. The summed E-state index contributed by atoms with van der Waals surface area (Å²) in [6, 6.07) is 15.5. The average molecular weight is 461 g/mol. The predicted octanol–water partition coefficient (Wildman–Crippen LogP) is 4.00. The van der Waals surface area contributed by atoms with E-state index in [1.807, 2.05) is 49.4 Å². The molecule has 142 valence electrons. The summed E-state index contributed by atoms with van der Waals surface area (Å²) in [7, 11) is 0.